The van der Waals surface area contributed by atoms with Gasteiger partial charge in [-0.25, -0.2) is 0 Å². The van der Waals surface area contributed by atoms with E-state index in [-0.39, 0.29) is 5.88 Å². The highest BCUT2D eigenvalue weighted by atomic mass is 32.1. The predicted molar refractivity (Wildman–Crippen MR) is 82.2 cm³/mol. The van der Waals surface area contributed by atoms with Gasteiger partial charge in [-0.2, -0.15) is 4.37 Å². The Morgan fingerprint density at radius 2 is 2.29 bits per heavy atom. The van der Waals surface area contributed by atoms with Crippen molar-refractivity contribution in [3.8, 4) is 5.88 Å². The summed E-state index contributed by atoms with van der Waals surface area (Å²) in [6.45, 7) is -13.1. The summed E-state index contributed by atoms with van der Waals surface area (Å²) in [4.78, 5) is 1.81. The predicted octanol–water partition coefficient (Wildman–Crippen LogP) is 0.502. The third kappa shape index (κ3) is 5.39. The molecule has 120 valence electrons. The van der Waals surface area contributed by atoms with Crippen LogP contribution in [0.15, 0.2) is 0 Å². The molecule has 0 unspecified atom stereocenters. The molecule has 21 heavy (non-hydrogen) atoms. The van der Waals surface area contributed by atoms with E-state index in [2.05, 4.69) is 8.75 Å². The van der Waals surface area contributed by atoms with Crippen molar-refractivity contribution in [3.05, 3.63) is 0 Å². The molecule has 0 bridgehead atoms. The fraction of sp³-hybridized carbons (Fsp3) is 0.846. The van der Waals surface area contributed by atoms with Gasteiger partial charge in [-0.1, -0.05) is 0 Å². The number of hydrogen-bond donors (Lipinski definition) is 2. The van der Waals surface area contributed by atoms with Gasteiger partial charge in [-0.05, 0) is 20.6 Å². The first-order chi connectivity index (χ1) is 14.4. The van der Waals surface area contributed by atoms with Crippen LogP contribution in [0.2, 0.25) is 0 Å². The summed E-state index contributed by atoms with van der Waals surface area (Å²) in [5.41, 5.74) is -3.65. The van der Waals surface area contributed by atoms with Crippen LogP contribution >= 0.6 is 11.7 Å². The fourth-order valence-electron chi connectivity index (χ4n) is 1.63. The van der Waals surface area contributed by atoms with Crippen molar-refractivity contribution >= 4 is 17.5 Å². The molecule has 0 aromatic carbocycles. The maximum atomic E-state index is 10.3. The first kappa shape index (κ1) is 7.08. The normalized spacial score (nSPS) is 28.0. The zero-order valence-corrected chi connectivity index (χ0v) is 11.9. The lowest BCUT2D eigenvalue weighted by Crippen LogP contribution is -2.42. The van der Waals surface area contributed by atoms with E-state index in [1.165, 1.54) is 0 Å². The van der Waals surface area contributed by atoms with Crippen molar-refractivity contribution in [1.82, 2.24) is 14.1 Å². The van der Waals surface area contributed by atoms with Crippen LogP contribution in [0.3, 0.4) is 0 Å². The van der Waals surface area contributed by atoms with Crippen molar-refractivity contribution < 1.29 is 29.7 Å². The molecule has 1 aromatic heterocycles. The van der Waals surface area contributed by atoms with Crippen molar-refractivity contribution in [1.29, 1.82) is 0 Å². The first-order valence-electron chi connectivity index (χ1n) is 11.7. The second-order valence-electron chi connectivity index (χ2n) is 4.34. The van der Waals surface area contributed by atoms with E-state index < -0.39 is 45.3 Å². The van der Waals surface area contributed by atoms with Gasteiger partial charge in [0.15, 0.2) is 0 Å². The smallest absolute Gasteiger partial charge is 0.270 e. The van der Waals surface area contributed by atoms with Crippen molar-refractivity contribution in [2.45, 2.75) is 32.2 Å². The van der Waals surface area contributed by atoms with Crippen LogP contribution in [-0.2, 0) is 4.74 Å². The first-order valence-corrected chi connectivity index (χ1v) is 6.92. The Hall–Kier alpha value is -0.960. The van der Waals surface area contributed by atoms with Gasteiger partial charge in [0.2, 0.25) is 5.82 Å². The maximum Gasteiger partial charge on any atom is 0.270 e. The van der Waals surface area contributed by atoms with Crippen LogP contribution < -0.4 is 15.0 Å². The Bertz CT molecular complexity index is 725. The lowest BCUT2D eigenvalue weighted by atomic mass is 10.1. The molecule has 8 heteroatoms. The van der Waals surface area contributed by atoms with Gasteiger partial charge in [0.05, 0.1) is 24.9 Å². The van der Waals surface area contributed by atoms with E-state index in [4.69, 9.17) is 24.6 Å². The number of nitrogens with zero attached hydrogens (tertiary/aromatic N) is 3. The number of hydrogen-bond acceptors (Lipinski definition) is 8. The molecule has 0 radical (unpaired) electrons. The minimum atomic E-state index is -3.68. The number of nitrogens with one attached hydrogen (secondary N) is 1. The van der Waals surface area contributed by atoms with E-state index >= 15 is 0 Å². The number of rotatable bonds is 6. The molecule has 1 fully saturated rings. The molecule has 1 aliphatic heterocycles. The van der Waals surface area contributed by atoms with Gasteiger partial charge in [-0.15, -0.1) is 4.37 Å². The van der Waals surface area contributed by atoms with Gasteiger partial charge in [0, 0.05) is 40.2 Å². The van der Waals surface area contributed by atoms with E-state index in [1.54, 1.807) is 5.32 Å². The third-order valence-electron chi connectivity index (χ3n) is 2.56. The van der Waals surface area contributed by atoms with Gasteiger partial charge < -0.3 is 24.8 Å². The quantitative estimate of drug-likeness (QED) is 0.787. The summed E-state index contributed by atoms with van der Waals surface area (Å²) in [7, 11) is 0. The molecule has 1 saturated heterocycles. The highest BCUT2D eigenvalue weighted by Gasteiger charge is 2.21. The highest BCUT2D eigenvalue weighted by Crippen LogP contribution is 2.26. The molecule has 1 aliphatic rings. The monoisotopic (exact) mass is 327 g/mol. The number of morpholine rings is 1. The zero-order chi connectivity index (χ0) is 24.6. The topological polar surface area (TPSA) is 79.7 Å². The molecular weight excluding hydrogens is 292 g/mol. The zero-order valence-electron chi connectivity index (χ0n) is 22.1. The summed E-state index contributed by atoms with van der Waals surface area (Å²) in [5.74, 6) is 0.335. The van der Waals surface area contributed by atoms with E-state index in [0.29, 0.717) is 32.1 Å². The largest absolute Gasteiger partial charge is 0.472 e. The molecule has 2 rings (SSSR count). The van der Waals surface area contributed by atoms with Crippen LogP contribution in [0, 0.1) is 0 Å². The van der Waals surface area contributed by atoms with Crippen LogP contribution in [0.4, 0.5) is 5.82 Å². The average molecular weight is 327 g/mol. The maximum absolute atomic E-state index is 10.3. The molecular formula is C13H24N4O3S. The van der Waals surface area contributed by atoms with Crippen molar-refractivity contribution in [3.63, 3.8) is 0 Å². The summed E-state index contributed by atoms with van der Waals surface area (Å²) >= 11 is 0.818. The second kappa shape index (κ2) is 7.35. The Morgan fingerprint density at radius 1 is 1.52 bits per heavy atom. The molecule has 2 N–H and O–H groups in total. The Morgan fingerprint density at radius 3 is 3.00 bits per heavy atom. The Labute approximate surface area is 145 Å². The van der Waals surface area contributed by atoms with E-state index in [1.807, 2.05) is 4.90 Å². The lowest BCUT2D eigenvalue weighted by Gasteiger charge is -2.27. The molecule has 0 spiro atoms. The summed E-state index contributed by atoms with van der Waals surface area (Å²) in [6.07, 6.45) is -2.16. The molecule has 0 saturated carbocycles. The van der Waals surface area contributed by atoms with Crippen LogP contribution in [0.5, 0.6) is 5.88 Å². The molecule has 2 heterocycles. The number of aliphatic hydroxyl groups is 1. The standard InChI is InChI=1S/C13H24N4O3S/c1-13(2,3)14-8-10(18)9-20-12-11(15-21-16-12)17-4-6-19-7-5-17/h10,14,18H,4-9H2,1-3H3/t10-/m0/s1/i1D3,2D3,3D3,8D2. The van der Waals surface area contributed by atoms with Crippen LogP contribution in [0.1, 0.15) is 35.6 Å². The van der Waals surface area contributed by atoms with E-state index in [0.717, 1.165) is 11.7 Å². The van der Waals surface area contributed by atoms with Crippen LogP contribution in [-0.4, -0.2) is 64.9 Å². The number of aromatic nitrogens is 2. The minimum Gasteiger partial charge on any atom is -0.472 e. The van der Waals surface area contributed by atoms with Gasteiger partial charge in [0.1, 0.15) is 12.7 Å². The number of ether oxygens (including phenoxy) is 2. The SMILES string of the molecule is [2H]C([2H])(NC(C([2H])([2H])[2H])(C([2H])([2H])[2H])C([2H])([2H])[2H])[C@H](O)COc1nsnc1N1CCOCC1. The van der Waals surface area contributed by atoms with Crippen LogP contribution in [0.25, 0.3) is 0 Å². The number of anilines is 1. The number of aliphatic hydroxyl groups excluding tert-OH is 1. The molecule has 0 amide bonds. The summed E-state index contributed by atoms with van der Waals surface area (Å²) < 4.78 is 103. The Kier molecular flexibility index (Phi) is 2.48. The lowest BCUT2D eigenvalue weighted by molar-refractivity contribution is 0.0975. The van der Waals surface area contributed by atoms with Crippen molar-refractivity contribution in [2.75, 3.05) is 44.3 Å². The fourth-order valence-corrected chi connectivity index (χ4v) is 2.15. The molecule has 1 atom stereocenters. The summed E-state index contributed by atoms with van der Waals surface area (Å²) in [6, 6.07) is 0. The highest BCUT2D eigenvalue weighted by molar-refractivity contribution is 6.99. The second-order valence-corrected chi connectivity index (χ2v) is 4.87. The van der Waals surface area contributed by atoms with Gasteiger partial charge in [0.25, 0.3) is 5.88 Å². The molecule has 7 nitrogen and oxygen atoms in total. The molecule has 0 aliphatic carbocycles. The average Bonchev–Trinajstić information content (AvgIpc) is 3.10. The third-order valence-corrected chi connectivity index (χ3v) is 3.06. The van der Waals surface area contributed by atoms with E-state index in [9.17, 15) is 5.11 Å². The molecule has 1 aromatic rings. The van der Waals surface area contributed by atoms with Crippen molar-refractivity contribution in [2.24, 2.45) is 0 Å². The number of β-amino-alcohol motifs (C(OH)–C–C–N with tert-alkyl or cyclic N) is 1. The minimum absolute atomic E-state index is 0.0134. The Balaban J connectivity index is 2.23. The summed E-state index contributed by atoms with van der Waals surface area (Å²) in [5, 5.41) is 11.9. The van der Waals surface area contributed by atoms with Gasteiger partial charge >= 0.3 is 0 Å². The van der Waals surface area contributed by atoms with Gasteiger partial charge in [-0.3, -0.25) is 0 Å².